The molecule has 0 radical (unpaired) electrons. The van der Waals surface area contributed by atoms with Gasteiger partial charge in [-0.05, 0) is 59.2 Å². The number of nitrogens with one attached hydrogen (secondary N) is 1. The summed E-state index contributed by atoms with van der Waals surface area (Å²) in [5.41, 5.74) is 1.51. The number of rotatable bonds is 8. The number of hydrogen-bond acceptors (Lipinski definition) is 7. The average molecular weight is 518 g/mol. The molecule has 194 valence electrons. The van der Waals surface area contributed by atoms with Crippen molar-refractivity contribution in [3.63, 3.8) is 0 Å². The van der Waals surface area contributed by atoms with Crippen LogP contribution in [0.25, 0.3) is 22.0 Å². The number of carboxylic acids is 1. The van der Waals surface area contributed by atoms with E-state index in [1.807, 2.05) is 0 Å². The van der Waals surface area contributed by atoms with Crippen molar-refractivity contribution in [3.05, 3.63) is 89.4 Å². The fraction of sp³-hybridized carbons (Fsp3) is 0.143. The number of carboxylic acid groups (broad SMARTS) is 1. The number of aromatic nitrogens is 1. The number of esters is 1. The number of methoxy groups -OCH3 is 2. The molecule has 1 heterocycles. The molecule has 0 aliphatic carbocycles. The third-order valence-corrected chi connectivity index (χ3v) is 5.92. The SMILES string of the molecule is COC(=O)[C@H](Cc1ccc(O)cc1)NC(=O)c1cc(C(=O)O)c2cc(-c3ccc(OC)c(F)c3)ccc2n1. The molecule has 0 bridgehead atoms. The maximum absolute atomic E-state index is 14.2. The van der Waals surface area contributed by atoms with Crippen LogP contribution in [-0.2, 0) is 16.0 Å². The molecule has 38 heavy (non-hydrogen) atoms. The van der Waals surface area contributed by atoms with Gasteiger partial charge in [-0.25, -0.2) is 19.0 Å². The van der Waals surface area contributed by atoms with Gasteiger partial charge in [-0.3, -0.25) is 4.79 Å². The van der Waals surface area contributed by atoms with E-state index >= 15 is 0 Å². The van der Waals surface area contributed by atoms with Crippen LogP contribution in [0.15, 0.2) is 66.7 Å². The summed E-state index contributed by atoms with van der Waals surface area (Å²) >= 11 is 0. The Labute approximate surface area is 216 Å². The number of pyridine rings is 1. The zero-order valence-electron chi connectivity index (χ0n) is 20.4. The minimum Gasteiger partial charge on any atom is -0.508 e. The number of halogens is 1. The lowest BCUT2D eigenvalue weighted by Crippen LogP contribution is -2.43. The Balaban J connectivity index is 1.67. The van der Waals surface area contributed by atoms with Gasteiger partial charge in [0.15, 0.2) is 11.6 Å². The Bertz CT molecular complexity index is 1540. The van der Waals surface area contributed by atoms with Crippen molar-refractivity contribution in [2.45, 2.75) is 12.5 Å². The number of phenolic OH excluding ortho intramolecular Hbond substituents is 1. The summed E-state index contributed by atoms with van der Waals surface area (Å²) in [7, 11) is 2.54. The number of aromatic carboxylic acids is 1. The highest BCUT2D eigenvalue weighted by Crippen LogP contribution is 2.29. The zero-order chi connectivity index (χ0) is 27.4. The van der Waals surface area contributed by atoms with Crippen LogP contribution in [0.5, 0.6) is 11.5 Å². The predicted molar refractivity (Wildman–Crippen MR) is 136 cm³/mol. The Kier molecular flexibility index (Phi) is 7.52. The molecule has 0 aliphatic heterocycles. The second kappa shape index (κ2) is 11.0. The maximum Gasteiger partial charge on any atom is 0.336 e. The third kappa shape index (κ3) is 5.54. The van der Waals surface area contributed by atoms with Gasteiger partial charge >= 0.3 is 11.9 Å². The first-order chi connectivity index (χ1) is 18.2. The van der Waals surface area contributed by atoms with Crippen molar-refractivity contribution >= 4 is 28.7 Å². The van der Waals surface area contributed by atoms with E-state index in [1.54, 1.807) is 30.3 Å². The Hall–Kier alpha value is -4.99. The number of ether oxygens (including phenoxy) is 2. The average Bonchev–Trinajstić information content (AvgIpc) is 2.92. The largest absolute Gasteiger partial charge is 0.508 e. The molecular weight excluding hydrogens is 495 g/mol. The van der Waals surface area contributed by atoms with Crippen LogP contribution in [0.4, 0.5) is 4.39 Å². The molecule has 0 aliphatic rings. The smallest absolute Gasteiger partial charge is 0.336 e. The van der Waals surface area contributed by atoms with Gasteiger partial charge in [-0.2, -0.15) is 0 Å². The molecule has 0 unspecified atom stereocenters. The number of carbonyl (C=O) groups excluding carboxylic acids is 2. The van der Waals surface area contributed by atoms with Crippen LogP contribution in [0.2, 0.25) is 0 Å². The Morgan fingerprint density at radius 2 is 1.66 bits per heavy atom. The number of carbonyl (C=O) groups is 3. The van der Waals surface area contributed by atoms with E-state index in [1.165, 1.54) is 44.6 Å². The van der Waals surface area contributed by atoms with Gasteiger partial charge in [-0.15, -0.1) is 0 Å². The summed E-state index contributed by atoms with van der Waals surface area (Å²) in [6.45, 7) is 0. The maximum atomic E-state index is 14.2. The summed E-state index contributed by atoms with van der Waals surface area (Å²) in [4.78, 5) is 41.8. The van der Waals surface area contributed by atoms with Crippen LogP contribution in [-0.4, -0.2) is 53.3 Å². The van der Waals surface area contributed by atoms with Gasteiger partial charge in [0.05, 0.1) is 25.3 Å². The molecule has 10 heteroatoms. The molecule has 4 rings (SSSR count). The van der Waals surface area contributed by atoms with Crippen molar-refractivity contribution in [2.24, 2.45) is 0 Å². The van der Waals surface area contributed by atoms with E-state index in [0.29, 0.717) is 16.7 Å². The second-order valence-corrected chi connectivity index (χ2v) is 8.36. The summed E-state index contributed by atoms with van der Waals surface area (Å²) < 4.78 is 24.0. The number of aromatic hydroxyl groups is 1. The summed E-state index contributed by atoms with van der Waals surface area (Å²) in [6, 6.07) is 15.2. The zero-order valence-corrected chi connectivity index (χ0v) is 20.4. The van der Waals surface area contributed by atoms with E-state index in [9.17, 15) is 29.0 Å². The van der Waals surface area contributed by atoms with Gasteiger partial charge < -0.3 is 25.0 Å². The molecule has 4 aromatic rings. The van der Waals surface area contributed by atoms with Gasteiger partial charge in [0.25, 0.3) is 5.91 Å². The fourth-order valence-electron chi connectivity index (χ4n) is 3.98. The standard InChI is InChI=1S/C28H23FN2O7/c1-37-25-10-6-17(13-21(25)29)16-5-9-22-19(12-16)20(27(34)35)14-23(30-22)26(33)31-24(28(36)38-2)11-15-3-7-18(32)8-4-15/h3-10,12-14,24,32H,11H2,1-2H3,(H,31,33)(H,34,35)/t24-/m0/s1. The molecule has 1 aromatic heterocycles. The van der Waals surface area contributed by atoms with Crippen molar-refractivity contribution in [1.29, 1.82) is 0 Å². The lowest BCUT2D eigenvalue weighted by atomic mass is 9.99. The molecule has 0 fully saturated rings. The van der Waals surface area contributed by atoms with Crippen LogP contribution in [0.1, 0.15) is 26.4 Å². The van der Waals surface area contributed by atoms with Crippen molar-refractivity contribution in [2.75, 3.05) is 14.2 Å². The number of hydrogen-bond donors (Lipinski definition) is 3. The van der Waals surface area contributed by atoms with Crippen molar-refractivity contribution in [3.8, 4) is 22.6 Å². The van der Waals surface area contributed by atoms with Gasteiger partial charge in [0.1, 0.15) is 17.5 Å². The van der Waals surface area contributed by atoms with E-state index in [0.717, 1.165) is 6.07 Å². The number of nitrogens with zero attached hydrogens (tertiary/aromatic N) is 1. The fourth-order valence-corrected chi connectivity index (χ4v) is 3.98. The number of phenols is 1. The van der Waals surface area contributed by atoms with Gasteiger partial charge in [-0.1, -0.05) is 24.3 Å². The van der Waals surface area contributed by atoms with E-state index < -0.39 is 29.7 Å². The van der Waals surface area contributed by atoms with Gasteiger partial charge in [0, 0.05) is 11.8 Å². The first-order valence-corrected chi connectivity index (χ1v) is 11.4. The summed E-state index contributed by atoms with van der Waals surface area (Å²) in [5.74, 6) is -3.21. The molecule has 1 amide bonds. The number of benzene rings is 3. The molecule has 0 saturated heterocycles. The van der Waals surface area contributed by atoms with Crippen molar-refractivity contribution < 1.29 is 38.5 Å². The summed E-state index contributed by atoms with van der Waals surface area (Å²) in [5, 5.41) is 22.1. The van der Waals surface area contributed by atoms with Gasteiger partial charge in [0.2, 0.25) is 0 Å². The second-order valence-electron chi connectivity index (χ2n) is 8.36. The first kappa shape index (κ1) is 26.1. The monoisotopic (exact) mass is 518 g/mol. The quantitative estimate of drug-likeness (QED) is 0.298. The van der Waals surface area contributed by atoms with Crippen LogP contribution in [0.3, 0.4) is 0 Å². The van der Waals surface area contributed by atoms with Crippen LogP contribution in [0, 0.1) is 5.82 Å². The Morgan fingerprint density at radius 3 is 2.29 bits per heavy atom. The highest BCUT2D eigenvalue weighted by molar-refractivity contribution is 6.07. The molecule has 3 N–H and O–H groups in total. The lowest BCUT2D eigenvalue weighted by molar-refractivity contribution is -0.142. The normalized spacial score (nSPS) is 11.6. The highest BCUT2D eigenvalue weighted by Gasteiger charge is 2.25. The van der Waals surface area contributed by atoms with E-state index in [4.69, 9.17) is 9.47 Å². The van der Waals surface area contributed by atoms with E-state index in [2.05, 4.69) is 10.3 Å². The molecule has 9 nitrogen and oxygen atoms in total. The first-order valence-electron chi connectivity index (χ1n) is 11.4. The molecule has 1 atom stereocenters. The highest BCUT2D eigenvalue weighted by atomic mass is 19.1. The van der Waals surface area contributed by atoms with E-state index in [-0.39, 0.29) is 40.1 Å². The lowest BCUT2D eigenvalue weighted by Gasteiger charge is -2.17. The van der Waals surface area contributed by atoms with Crippen LogP contribution < -0.4 is 10.1 Å². The van der Waals surface area contributed by atoms with Crippen molar-refractivity contribution in [1.82, 2.24) is 10.3 Å². The molecule has 0 spiro atoms. The summed E-state index contributed by atoms with van der Waals surface area (Å²) in [6.07, 6.45) is 0.0693. The predicted octanol–water partition coefficient (Wildman–Crippen LogP) is 3.97. The number of fused-ring (bicyclic) bond motifs is 1. The number of amides is 1. The van der Waals surface area contributed by atoms with Crippen LogP contribution >= 0.6 is 0 Å². The topological polar surface area (TPSA) is 135 Å². The molecule has 3 aromatic carbocycles. The Morgan fingerprint density at radius 1 is 0.974 bits per heavy atom. The minimum atomic E-state index is -1.29. The molecular formula is C28H23FN2O7. The molecule has 0 saturated carbocycles. The minimum absolute atomic E-state index is 0.0502. The third-order valence-electron chi connectivity index (χ3n) is 5.92.